The lowest BCUT2D eigenvalue weighted by atomic mass is 10.1. The van der Waals surface area contributed by atoms with Gasteiger partial charge in [-0.15, -0.1) is 5.10 Å². The number of piperidine rings is 1. The van der Waals surface area contributed by atoms with Gasteiger partial charge in [0, 0.05) is 13.1 Å². The zero-order chi connectivity index (χ0) is 14.8. The lowest BCUT2D eigenvalue weighted by Crippen LogP contribution is -2.42. The summed E-state index contributed by atoms with van der Waals surface area (Å²) >= 11 is 0. The third kappa shape index (κ3) is 3.47. The molecule has 1 amide bonds. The van der Waals surface area contributed by atoms with Gasteiger partial charge in [0.25, 0.3) is 0 Å². The second-order valence-electron chi connectivity index (χ2n) is 5.89. The van der Waals surface area contributed by atoms with Crippen LogP contribution in [0.15, 0.2) is 6.20 Å². The summed E-state index contributed by atoms with van der Waals surface area (Å²) in [5.74, 6) is 0. The number of hydrogen-bond acceptors (Lipinski definition) is 5. The smallest absolute Gasteiger partial charge is 0.410 e. The molecule has 20 heavy (non-hydrogen) atoms. The van der Waals surface area contributed by atoms with Crippen LogP contribution in [0.5, 0.6) is 0 Å². The van der Waals surface area contributed by atoms with E-state index in [1.54, 1.807) is 15.8 Å². The molecular weight excluding hydrogens is 258 g/mol. The zero-order valence-electron chi connectivity index (χ0n) is 12.0. The fourth-order valence-corrected chi connectivity index (χ4v) is 2.15. The monoisotopic (exact) mass is 277 g/mol. The summed E-state index contributed by atoms with van der Waals surface area (Å²) < 4.78 is 7.06. The second-order valence-corrected chi connectivity index (χ2v) is 5.89. The van der Waals surface area contributed by atoms with Crippen LogP contribution in [-0.4, -0.2) is 44.7 Å². The highest BCUT2D eigenvalue weighted by atomic mass is 16.6. The second kappa shape index (κ2) is 5.49. The maximum Gasteiger partial charge on any atom is 0.410 e. The number of nitrogens with zero attached hydrogens (tertiary/aromatic N) is 5. The van der Waals surface area contributed by atoms with Gasteiger partial charge >= 0.3 is 6.09 Å². The Morgan fingerprint density at radius 3 is 2.60 bits per heavy atom. The Morgan fingerprint density at radius 1 is 1.45 bits per heavy atom. The van der Waals surface area contributed by atoms with Crippen molar-refractivity contribution in [1.82, 2.24) is 19.9 Å². The third-order valence-electron chi connectivity index (χ3n) is 3.12. The number of carbonyl (C=O) groups is 1. The first-order chi connectivity index (χ1) is 9.39. The summed E-state index contributed by atoms with van der Waals surface area (Å²) in [6, 6.07) is 2.14. The van der Waals surface area contributed by atoms with E-state index in [1.165, 1.54) is 0 Å². The van der Waals surface area contributed by atoms with Crippen molar-refractivity contribution in [3.05, 3.63) is 11.9 Å². The van der Waals surface area contributed by atoms with Crippen LogP contribution in [0.2, 0.25) is 0 Å². The zero-order valence-corrected chi connectivity index (χ0v) is 12.0. The van der Waals surface area contributed by atoms with Gasteiger partial charge in [0.1, 0.15) is 11.7 Å². The summed E-state index contributed by atoms with van der Waals surface area (Å²) in [5.41, 5.74) is -0.152. The van der Waals surface area contributed by atoms with Crippen molar-refractivity contribution in [3.8, 4) is 6.07 Å². The highest BCUT2D eigenvalue weighted by Crippen LogP contribution is 2.23. The lowest BCUT2D eigenvalue weighted by Gasteiger charge is -2.33. The lowest BCUT2D eigenvalue weighted by molar-refractivity contribution is 0.0184. The molecule has 1 aliphatic heterocycles. The van der Waals surface area contributed by atoms with Crippen LogP contribution in [0, 0.1) is 11.3 Å². The largest absolute Gasteiger partial charge is 0.444 e. The van der Waals surface area contributed by atoms with E-state index in [1.807, 2.05) is 26.8 Å². The average Bonchev–Trinajstić information content (AvgIpc) is 2.85. The fourth-order valence-electron chi connectivity index (χ4n) is 2.15. The first-order valence-corrected chi connectivity index (χ1v) is 6.69. The maximum atomic E-state index is 11.9. The first kappa shape index (κ1) is 14.3. The predicted molar refractivity (Wildman–Crippen MR) is 70.8 cm³/mol. The number of likely N-dealkylation sites (tertiary alicyclic amines) is 1. The van der Waals surface area contributed by atoms with Crippen LogP contribution in [0.1, 0.15) is 45.3 Å². The van der Waals surface area contributed by atoms with Crippen molar-refractivity contribution < 1.29 is 9.53 Å². The molecule has 0 atom stereocenters. The number of carbonyl (C=O) groups excluding carboxylic acids is 1. The standard InChI is InChI=1S/C13H19N5O2/c1-13(2,3)20-12(19)17-6-4-11(5-7-17)18-9-10(8-14)15-16-18/h9,11H,4-7H2,1-3H3. The van der Waals surface area contributed by atoms with Gasteiger partial charge in [-0.25, -0.2) is 9.48 Å². The summed E-state index contributed by atoms with van der Waals surface area (Å²) in [7, 11) is 0. The van der Waals surface area contributed by atoms with Crippen LogP contribution in [0.4, 0.5) is 4.79 Å². The minimum atomic E-state index is -0.471. The van der Waals surface area contributed by atoms with Crippen molar-refractivity contribution in [1.29, 1.82) is 5.26 Å². The van der Waals surface area contributed by atoms with Gasteiger partial charge < -0.3 is 9.64 Å². The van der Waals surface area contributed by atoms with Gasteiger partial charge in [-0.2, -0.15) is 5.26 Å². The Kier molecular flexibility index (Phi) is 3.93. The Bertz CT molecular complexity index is 518. The number of amides is 1. The van der Waals surface area contributed by atoms with E-state index in [2.05, 4.69) is 10.3 Å². The highest BCUT2D eigenvalue weighted by Gasteiger charge is 2.27. The normalized spacial score (nSPS) is 16.8. The van der Waals surface area contributed by atoms with E-state index in [9.17, 15) is 4.79 Å². The molecule has 0 N–H and O–H groups in total. The molecule has 0 bridgehead atoms. The molecule has 2 heterocycles. The molecular formula is C13H19N5O2. The topological polar surface area (TPSA) is 84.0 Å². The van der Waals surface area contributed by atoms with Crippen LogP contribution < -0.4 is 0 Å². The number of aromatic nitrogens is 3. The summed E-state index contributed by atoms with van der Waals surface area (Å²) in [6.07, 6.45) is 2.95. The average molecular weight is 277 g/mol. The van der Waals surface area contributed by atoms with Crippen molar-refractivity contribution in [2.75, 3.05) is 13.1 Å². The summed E-state index contributed by atoms with van der Waals surface area (Å²) in [4.78, 5) is 13.6. The van der Waals surface area contributed by atoms with Crippen molar-refractivity contribution in [2.24, 2.45) is 0 Å². The van der Waals surface area contributed by atoms with Crippen LogP contribution in [0.25, 0.3) is 0 Å². The summed E-state index contributed by atoms with van der Waals surface area (Å²) in [5, 5.41) is 16.4. The third-order valence-corrected chi connectivity index (χ3v) is 3.12. The van der Waals surface area contributed by atoms with E-state index < -0.39 is 5.60 Å². The quantitative estimate of drug-likeness (QED) is 0.780. The molecule has 2 rings (SSSR count). The van der Waals surface area contributed by atoms with Crippen molar-refractivity contribution >= 4 is 6.09 Å². The molecule has 1 saturated heterocycles. The molecule has 1 fully saturated rings. The van der Waals surface area contributed by atoms with Gasteiger partial charge in [-0.05, 0) is 33.6 Å². The molecule has 0 aromatic carbocycles. The molecule has 108 valence electrons. The Hall–Kier alpha value is -2.10. The molecule has 0 aliphatic carbocycles. The number of nitriles is 1. The molecule has 7 heteroatoms. The Balaban J connectivity index is 1.89. The maximum absolute atomic E-state index is 11.9. The number of rotatable bonds is 1. The minimum absolute atomic E-state index is 0.184. The number of hydrogen-bond donors (Lipinski definition) is 0. The molecule has 7 nitrogen and oxygen atoms in total. The Labute approximate surface area is 118 Å². The van der Waals surface area contributed by atoms with E-state index in [0.717, 1.165) is 12.8 Å². The summed E-state index contributed by atoms with van der Waals surface area (Å²) in [6.45, 7) is 6.83. The van der Waals surface area contributed by atoms with Crippen molar-refractivity contribution in [3.63, 3.8) is 0 Å². The highest BCUT2D eigenvalue weighted by molar-refractivity contribution is 5.68. The Morgan fingerprint density at radius 2 is 2.10 bits per heavy atom. The van der Waals surface area contributed by atoms with Gasteiger partial charge in [0.2, 0.25) is 0 Å². The van der Waals surface area contributed by atoms with Gasteiger partial charge in [-0.3, -0.25) is 0 Å². The molecule has 0 spiro atoms. The predicted octanol–water partition coefficient (Wildman–Crippen LogP) is 1.72. The van der Waals surface area contributed by atoms with E-state index in [-0.39, 0.29) is 12.1 Å². The minimum Gasteiger partial charge on any atom is -0.444 e. The fraction of sp³-hybridized carbons (Fsp3) is 0.692. The van der Waals surface area contributed by atoms with Gasteiger partial charge in [0.05, 0.1) is 12.2 Å². The van der Waals surface area contributed by atoms with Crippen molar-refractivity contribution in [2.45, 2.75) is 45.3 Å². The van der Waals surface area contributed by atoms with E-state index in [0.29, 0.717) is 18.8 Å². The first-order valence-electron chi connectivity index (χ1n) is 6.69. The SMILES string of the molecule is CC(C)(C)OC(=O)N1CCC(n2cc(C#N)nn2)CC1. The van der Waals surface area contributed by atoms with Gasteiger partial charge in [-0.1, -0.05) is 5.21 Å². The molecule has 1 aliphatic rings. The van der Waals surface area contributed by atoms with Gasteiger partial charge in [0.15, 0.2) is 5.69 Å². The molecule has 0 unspecified atom stereocenters. The number of ether oxygens (including phenoxy) is 1. The van der Waals surface area contributed by atoms with Crippen LogP contribution in [-0.2, 0) is 4.74 Å². The van der Waals surface area contributed by atoms with Crippen LogP contribution in [0.3, 0.4) is 0 Å². The van der Waals surface area contributed by atoms with Crippen LogP contribution >= 0.6 is 0 Å². The van der Waals surface area contributed by atoms with E-state index >= 15 is 0 Å². The molecule has 1 aromatic rings. The molecule has 1 aromatic heterocycles. The molecule has 0 radical (unpaired) electrons. The van der Waals surface area contributed by atoms with E-state index in [4.69, 9.17) is 10.00 Å². The molecule has 0 saturated carbocycles.